The van der Waals surface area contributed by atoms with Crippen molar-refractivity contribution in [3.05, 3.63) is 112 Å². The fraction of sp³-hybridized carbons (Fsp3) is 0. The molecule has 8 rings (SSSR count). The van der Waals surface area contributed by atoms with Gasteiger partial charge in [0.2, 0.25) is 0 Å². The van der Waals surface area contributed by atoms with Crippen LogP contribution in [0.4, 0.5) is 0 Å². The number of benzene rings is 5. The van der Waals surface area contributed by atoms with Crippen molar-refractivity contribution in [2.75, 3.05) is 0 Å². The first-order valence-electron chi connectivity index (χ1n) is 13.9. The van der Waals surface area contributed by atoms with E-state index in [4.69, 9.17) is 9.40 Å². The molecule has 1 aliphatic heterocycles. The maximum atomic E-state index is 13.5. The van der Waals surface area contributed by atoms with E-state index in [1.54, 1.807) is 12.1 Å². The second-order valence-electron chi connectivity index (χ2n) is 10.5. The van der Waals surface area contributed by atoms with Crippen molar-refractivity contribution in [2.24, 2.45) is 0 Å². The molecule has 0 amide bonds. The molecular weight excluding hydrogens is 625 g/mol. The number of phenolic OH excluding ortho intramolecular Hbond substituents is 1. The standard InChI is InChI=1S/C35H18N2O7S2/c38-25-14-27-21(12-19(25)32-36-23-5-1-3-7-29(23)45-32)31(17-10-9-16(34(40)41)11-18(17)35(42)43)22-13-20(26(39)15-28(22)44-27)33-37-24-6-2-4-8-30(24)46-33/h1-15,38H,(H,40,41)(H,42,43). The topological polar surface area (TPSA) is 151 Å². The van der Waals surface area contributed by atoms with E-state index in [9.17, 15) is 29.7 Å². The lowest BCUT2D eigenvalue weighted by atomic mass is 9.88. The summed E-state index contributed by atoms with van der Waals surface area (Å²) in [6.45, 7) is 0. The van der Waals surface area contributed by atoms with Gasteiger partial charge in [0.1, 0.15) is 27.1 Å². The van der Waals surface area contributed by atoms with Gasteiger partial charge in [-0.25, -0.2) is 19.6 Å². The number of nitrogens with zero attached hydrogens (tertiary/aromatic N) is 2. The largest absolute Gasteiger partial charge is 0.507 e. The van der Waals surface area contributed by atoms with E-state index in [2.05, 4.69) is 4.98 Å². The molecule has 2 aliphatic rings. The molecule has 0 saturated heterocycles. The van der Waals surface area contributed by atoms with Gasteiger partial charge in [-0.15, -0.1) is 22.7 Å². The molecule has 9 nitrogen and oxygen atoms in total. The zero-order chi connectivity index (χ0) is 31.7. The van der Waals surface area contributed by atoms with Crippen molar-refractivity contribution in [1.29, 1.82) is 0 Å². The summed E-state index contributed by atoms with van der Waals surface area (Å²) in [6.07, 6.45) is 0. The Balaban J connectivity index is 1.48. The van der Waals surface area contributed by atoms with Gasteiger partial charge in [0.25, 0.3) is 0 Å². The van der Waals surface area contributed by atoms with E-state index < -0.39 is 11.9 Å². The minimum Gasteiger partial charge on any atom is -0.507 e. The van der Waals surface area contributed by atoms with Crippen molar-refractivity contribution >= 4 is 66.0 Å². The molecule has 11 heteroatoms. The summed E-state index contributed by atoms with van der Waals surface area (Å²) in [5, 5.41) is 32.5. The van der Waals surface area contributed by atoms with Crippen LogP contribution < -0.4 is 5.43 Å². The predicted molar refractivity (Wildman–Crippen MR) is 177 cm³/mol. The Morgan fingerprint density at radius 3 is 1.96 bits per heavy atom. The number of hydrogen-bond acceptors (Lipinski definition) is 9. The normalized spacial score (nSPS) is 11.6. The van der Waals surface area contributed by atoms with Crippen molar-refractivity contribution in [1.82, 2.24) is 9.97 Å². The van der Waals surface area contributed by atoms with Gasteiger partial charge in [0.05, 0.1) is 42.7 Å². The summed E-state index contributed by atoms with van der Waals surface area (Å²) in [6, 6.07) is 25.0. The van der Waals surface area contributed by atoms with Crippen LogP contribution in [0.15, 0.2) is 100 Å². The Bertz CT molecular complexity index is 2530. The van der Waals surface area contributed by atoms with Crippen molar-refractivity contribution < 1.29 is 29.3 Å². The molecule has 0 unspecified atom stereocenters. The summed E-state index contributed by atoms with van der Waals surface area (Å²) < 4.78 is 8.01. The molecule has 0 spiro atoms. The van der Waals surface area contributed by atoms with E-state index in [1.165, 1.54) is 46.9 Å². The lowest BCUT2D eigenvalue weighted by molar-refractivity contribution is 0.0696. The lowest BCUT2D eigenvalue weighted by Crippen LogP contribution is -2.08. The molecule has 3 heterocycles. The molecule has 222 valence electrons. The molecule has 4 aromatic carbocycles. The third-order valence-electron chi connectivity index (χ3n) is 7.75. The second kappa shape index (κ2) is 10.3. The SMILES string of the molecule is O=C(O)c1ccc(-c2c3cc(-c4nc5ccccc5s4)c(=O)cc-3oc3cc(O)c(-c4nc5ccccc5s4)cc23)c(C(=O)O)c1. The lowest BCUT2D eigenvalue weighted by Gasteiger charge is -2.18. The maximum absolute atomic E-state index is 13.5. The average Bonchev–Trinajstić information content (AvgIpc) is 3.67. The molecule has 0 atom stereocenters. The first-order chi connectivity index (χ1) is 22.2. The van der Waals surface area contributed by atoms with Gasteiger partial charge < -0.3 is 19.7 Å². The highest BCUT2D eigenvalue weighted by molar-refractivity contribution is 7.22. The molecule has 46 heavy (non-hydrogen) atoms. The molecule has 3 N–H and O–H groups in total. The fourth-order valence-electron chi connectivity index (χ4n) is 5.63. The number of hydrogen-bond donors (Lipinski definition) is 3. The van der Waals surface area contributed by atoms with Crippen LogP contribution in [0.3, 0.4) is 0 Å². The fourth-order valence-corrected chi connectivity index (χ4v) is 7.61. The summed E-state index contributed by atoms with van der Waals surface area (Å²) in [7, 11) is 0. The van der Waals surface area contributed by atoms with Crippen molar-refractivity contribution in [2.45, 2.75) is 0 Å². The number of carboxylic acid groups (broad SMARTS) is 2. The van der Waals surface area contributed by atoms with Gasteiger partial charge in [-0.2, -0.15) is 0 Å². The van der Waals surface area contributed by atoms with Crippen molar-refractivity contribution in [3.63, 3.8) is 0 Å². The Morgan fingerprint density at radius 1 is 0.674 bits per heavy atom. The number of fused-ring (bicyclic) bond motifs is 4. The van der Waals surface area contributed by atoms with E-state index in [1.807, 2.05) is 48.5 Å². The Labute approximate surface area is 266 Å². The molecule has 0 saturated carbocycles. The van der Waals surface area contributed by atoms with E-state index in [-0.39, 0.29) is 39.2 Å². The predicted octanol–water partition coefficient (Wildman–Crippen LogP) is 8.22. The van der Waals surface area contributed by atoms with Crippen LogP contribution in [0.2, 0.25) is 0 Å². The Kier molecular flexibility index (Phi) is 6.20. The number of phenols is 1. The smallest absolute Gasteiger partial charge is 0.336 e. The zero-order valence-corrected chi connectivity index (χ0v) is 25.0. The molecular formula is C35H18N2O7S2. The van der Waals surface area contributed by atoms with Gasteiger partial charge in [0.15, 0.2) is 5.43 Å². The molecule has 6 aromatic rings. The van der Waals surface area contributed by atoms with Gasteiger partial charge in [-0.3, -0.25) is 4.79 Å². The van der Waals surface area contributed by atoms with Gasteiger partial charge >= 0.3 is 11.9 Å². The number of rotatable bonds is 5. The van der Waals surface area contributed by atoms with Crippen LogP contribution in [0.1, 0.15) is 20.7 Å². The molecule has 0 bridgehead atoms. The number of carboxylic acids is 2. The minimum absolute atomic E-state index is 0.117. The van der Waals surface area contributed by atoms with Crippen LogP contribution in [0, 0.1) is 0 Å². The zero-order valence-electron chi connectivity index (χ0n) is 23.3. The van der Waals surface area contributed by atoms with Gasteiger partial charge in [-0.1, -0.05) is 30.3 Å². The molecule has 2 aromatic heterocycles. The third-order valence-corrected chi connectivity index (χ3v) is 9.89. The van der Waals surface area contributed by atoms with E-state index >= 15 is 0 Å². The first-order valence-corrected chi connectivity index (χ1v) is 15.5. The highest BCUT2D eigenvalue weighted by Gasteiger charge is 2.26. The highest BCUT2D eigenvalue weighted by Crippen LogP contribution is 2.46. The first kappa shape index (κ1) is 27.6. The number of aromatic nitrogens is 2. The quantitative estimate of drug-likeness (QED) is 0.158. The monoisotopic (exact) mass is 642 g/mol. The molecule has 0 fully saturated rings. The molecule has 0 radical (unpaired) electrons. The number of aromatic carboxylic acids is 2. The molecule has 1 aliphatic carbocycles. The number of aromatic hydroxyl groups is 1. The highest BCUT2D eigenvalue weighted by atomic mass is 32.1. The third kappa shape index (κ3) is 4.40. The summed E-state index contributed by atoms with van der Waals surface area (Å²) in [4.78, 5) is 47.2. The summed E-state index contributed by atoms with van der Waals surface area (Å²) in [5.74, 6) is -2.57. The van der Waals surface area contributed by atoms with Crippen LogP contribution >= 0.6 is 22.7 Å². The maximum Gasteiger partial charge on any atom is 0.336 e. The second-order valence-corrected chi connectivity index (χ2v) is 12.6. The van der Waals surface area contributed by atoms with Crippen LogP contribution in [0.25, 0.3) is 75.0 Å². The number of carbonyl (C=O) groups is 2. The Hall–Kier alpha value is -5.91. The van der Waals surface area contributed by atoms with Gasteiger partial charge in [0, 0.05) is 28.6 Å². The summed E-state index contributed by atoms with van der Waals surface area (Å²) in [5.41, 5.74) is 2.58. The van der Waals surface area contributed by atoms with Crippen LogP contribution in [-0.2, 0) is 0 Å². The minimum atomic E-state index is -1.34. The Morgan fingerprint density at radius 2 is 1.33 bits per heavy atom. The van der Waals surface area contributed by atoms with Gasteiger partial charge in [-0.05, 0) is 54.1 Å². The number of thiazole rings is 2. The van der Waals surface area contributed by atoms with E-state index in [0.717, 1.165) is 26.5 Å². The van der Waals surface area contributed by atoms with Crippen LogP contribution in [-0.4, -0.2) is 37.2 Å². The number of para-hydroxylation sites is 2. The average molecular weight is 643 g/mol. The van der Waals surface area contributed by atoms with Crippen molar-refractivity contribution in [3.8, 4) is 49.3 Å². The summed E-state index contributed by atoms with van der Waals surface area (Å²) >= 11 is 2.74. The van der Waals surface area contributed by atoms with Crippen LogP contribution in [0.5, 0.6) is 5.75 Å². The van der Waals surface area contributed by atoms with E-state index in [0.29, 0.717) is 37.7 Å².